The van der Waals surface area contributed by atoms with Gasteiger partial charge in [0.25, 0.3) is 0 Å². The van der Waals surface area contributed by atoms with Crippen molar-refractivity contribution in [2.75, 3.05) is 27.2 Å². The highest BCUT2D eigenvalue weighted by atomic mass is 16.6. The van der Waals surface area contributed by atoms with Crippen molar-refractivity contribution in [1.29, 1.82) is 0 Å². The summed E-state index contributed by atoms with van der Waals surface area (Å²) < 4.78 is 0. The molecule has 68 valence electrons. The first-order valence-corrected chi connectivity index (χ1v) is 3.97. The zero-order chi connectivity index (χ0) is 8.97. The molecule has 1 rings (SSSR count). The van der Waals surface area contributed by atoms with E-state index in [2.05, 4.69) is 10.4 Å². The van der Waals surface area contributed by atoms with Gasteiger partial charge in [-0.15, -0.1) is 0 Å². The van der Waals surface area contributed by atoms with E-state index in [4.69, 9.17) is 4.84 Å². The lowest BCUT2D eigenvalue weighted by Gasteiger charge is -2.24. The van der Waals surface area contributed by atoms with E-state index in [9.17, 15) is 4.79 Å². The van der Waals surface area contributed by atoms with E-state index in [0.29, 0.717) is 6.54 Å². The Labute approximate surface area is 72.1 Å². The van der Waals surface area contributed by atoms with Gasteiger partial charge < -0.3 is 4.84 Å². The molecule has 0 amide bonds. The van der Waals surface area contributed by atoms with Crippen LogP contribution in [0.5, 0.6) is 0 Å². The normalized spacial score (nSPS) is 19.5. The lowest BCUT2D eigenvalue weighted by molar-refractivity contribution is -0.105. The van der Waals surface area contributed by atoms with E-state index in [1.54, 1.807) is 7.05 Å². The Morgan fingerprint density at radius 3 is 3.00 bits per heavy atom. The smallest absolute Gasteiger partial charge is 0.149 e. The first kappa shape index (κ1) is 9.22. The summed E-state index contributed by atoms with van der Waals surface area (Å²) in [6.07, 6.45) is 1.65. The summed E-state index contributed by atoms with van der Waals surface area (Å²) in [7, 11) is 3.69. The van der Waals surface area contributed by atoms with Gasteiger partial charge >= 0.3 is 0 Å². The van der Waals surface area contributed by atoms with Crippen molar-refractivity contribution < 1.29 is 9.63 Å². The second-order valence-corrected chi connectivity index (χ2v) is 2.86. The number of hydrogen-bond donors (Lipinski definition) is 1. The number of hydrogen-bond acceptors (Lipinski definition) is 4. The fraction of sp³-hybridized carbons (Fsp3) is 0.625. The molecule has 12 heavy (non-hydrogen) atoms. The maximum absolute atomic E-state index is 10.6. The topological polar surface area (TPSA) is 41.6 Å². The number of nitrogens with one attached hydrogen (secondary N) is 1. The SMILES string of the molecule is CNOC1=C(C=O)CCN(C)C1. The van der Waals surface area contributed by atoms with Crippen LogP contribution in [0, 0.1) is 0 Å². The van der Waals surface area contributed by atoms with Crippen LogP contribution in [-0.4, -0.2) is 38.4 Å². The van der Waals surface area contributed by atoms with Gasteiger partial charge in [0, 0.05) is 19.2 Å². The molecule has 0 aromatic carbocycles. The summed E-state index contributed by atoms with van der Waals surface area (Å²) in [6.45, 7) is 1.62. The van der Waals surface area contributed by atoms with Crippen molar-refractivity contribution in [3.63, 3.8) is 0 Å². The standard InChI is InChI=1S/C8H14N2O2/c1-9-12-8-5-10(2)4-3-7(8)6-11/h6,9H,3-5H2,1-2H3. The van der Waals surface area contributed by atoms with E-state index in [-0.39, 0.29) is 0 Å². The molecule has 0 unspecified atom stereocenters. The number of rotatable bonds is 3. The zero-order valence-corrected chi connectivity index (χ0v) is 7.46. The fourth-order valence-electron chi connectivity index (χ4n) is 1.22. The number of hydroxylamine groups is 1. The van der Waals surface area contributed by atoms with Crippen molar-refractivity contribution in [1.82, 2.24) is 10.4 Å². The van der Waals surface area contributed by atoms with Crippen molar-refractivity contribution in [3.05, 3.63) is 11.3 Å². The van der Waals surface area contributed by atoms with Crippen LogP contribution in [0.1, 0.15) is 6.42 Å². The molecule has 0 aliphatic carbocycles. The maximum atomic E-state index is 10.6. The first-order valence-electron chi connectivity index (χ1n) is 3.97. The number of nitrogens with zero attached hydrogens (tertiary/aromatic N) is 1. The minimum absolute atomic E-state index is 0.703. The maximum Gasteiger partial charge on any atom is 0.149 e. The average Bonchev–Trinajstić information content (AvgIpc) is 2.05. The lowest BCUT2D eigenvalue weighted by Crippen LogP contribution is -2.30. The van der Waals surface area contributed by atoms with Crippen molar-refractivity contribution in [3.8, 4) is 0 Å². The first-order chi connectivity index (χ1) is 5.77. The molecule has 0 saturated heterocycles. The van der Waals surface area contributed by atoms with E-state index >= 15 is 0 Å². The van der Waals surface area contributed by atoms with E-state index in [0.717, 1.165) is 30.6 Å². The van der Waals surface area contributed by atoms with Crippen LogP contribution in [0.4, 0.5) is 0 Å². The average molecular weight is 170 g/mol. The quantitative estimate of drug-likeness (QED) is 0.475. The van der Waals surface area contributed by atoms with Crippen LogP contribution < -0.4 is 5.48 Å². The van der Waals surface area contributed by atoms with Crippen LogP contribution in [0.2, 0.25) is 0 Å². The molecular weight excluding hydrogens is 156 g/mol. The van der Waals surface area contributed by atoms with Gasteiger partial charge in [0.1, 0.15) is 12.0 Å². The Balaban J connectivity index is 2.69. The molecule has 0 bridgehead atoms. The monoisotopic (exact) mass is 170 g/mol. The Hall–Kier alpha value is -0.870. The van der Waals surface area contributed by atoms with Crippen LogP contribution in [0.25, 0.3) is 0 Å². The lowest BCUT2D eigenvalue weighted by atomic mass is 10.1. The zero-order valence-electron chi connectivity index (χ0n) is 7.46. The van der Waals surface area contributed by atoms with E-state index in [1.165, 1.54) is 0 Å². The minimum Gasteiger partial charge on any atom is -0.412 e. The largest absolute Gasteiger partial charge is 0.412 e. The molecule has 1 aliphatic heterocycles. The molecule has 1 N–H and O–H groups in total. The molecule has 0 spiro atoms. The van der Waals surface area contributed by atoms with Gasteiger partial charge in [0.05, 0.1) is 6.54 Å². The van der Waals surface area contributed by atoms with Crippen LogP contribution >= 0.6 is 0 Å². The highest BCUT2D eigenvalue weighted by molar-refractivity contribution is 5.74. The summed E-state index contributed by atoms with van der Waals surface area (Å²) in [5.74, 6) is 0.737. The molecule has 0 saturated carbocycles. The Kier molecular flexibility index (Phi) is 3.25. The van der Waals surface area contributed by atoms with Crippen molar-refractivity contribution in [2.24, 2.45) is 0 Å². The van der Waals surface area contributed by atoms with Gasteiger partial charge in [0.15, 0.2) is 0 Å². The third kappa shape index (κ3) is 2.06. The van der Waals surface area contributed by atoms with Gasteiger partial charge in [-0.1, -0.05) is 0 Å². The van der Waals surface area contributed by atoms with Crippen LogP contribution in [-0.2, 0) is 9.63 Å². The fourth-order valence-corrected chi connectivity index (χ4v) is 1.22. The third-order valence-electron chi connectivity index (χ3n) is 1.90. The van der Waals surface area contributed by atoms with Gasteiger partial charge in [-0.25, -0.2) is 0 Å². The molecular formula is C8H14N2O2. The van der Waals surface area contributed by atoms with Crippen LogP contribution in [0.3, 0.4) is 0 Å². The molecule has 0 fully saturated rings. The molecule has 0 radical (unpaired) electrons. The molecule has 0 atom stereocenters. The van der Waals surface area contributed by atoms with Gasteiger partial charge in [-0.3, -0.25) is 9.69 Å². The predicted octanol–water partition coefficient (Wildman–Crippen LogP) is -0.0741. The highest BCUT2D eigenvalue weighted by Gasteiger charge is 2.16. The summed E-state index contributed by atoms with van der Waals surface area (Å²) in [4.78, 5) is 17.8. The summed E-state index contributed by atoms with van der Waals surface area (Å²) in [5.41, 5.74) is 3.34. The molecule has 1 aliphatic rings. The Bertz CT molecular complexity index is 201. The minimum atomic E-state index is 0.703. The molecule has 0 aromatic heterocycles. The molecule has 1 heterocycles. The summed E-state index contributed by atoms with van der Waals surface area (Å²) in [6, 6.07) is 0. The molecule has 0 aromatic rings. The summed E-state index contributed by atoms with van der Waals surface area (Å²) >= 11 is 0. The highest BCUT2D eigenvalue weighted by Crippen LogP contribution is 2.14. The predicted molar refractivity (Wildman–Crippen MR) is 45.3 cm³/mol. The number of likely N-dealkylation sites (N-methyl/N-ethyl adjacent to an activating group) is 1. The summed E-state index contributed by atoms with van der Waals surface area (Å²) in [5, 5.41) is 0. The number of carbonyl (C=O) groups is 1. The number of aldehydes is 1. The molecule has 4 nitrogen and oxygen atoms in total. The Morgan fingerprint density at radius 2 is 2.42 bits per heavy atom. The van der Waals surface area contributed by atoms with Gasteiger partial charge in [-0.05, 0) is 13.5 Å². The van der Waals surface area contributed by atoms with E-state index in [1.807, 2.05) is 7.05 Å². The number of carbonyl (C=O) groups excluding carboxylic acids is 1. The molecule has 4 heteroatoms. The second-order valence-electron chi connectivity index (χ2n) is 2.86. The van der Waals surface area contributed by atoms with Gasteiger partial charge in [0.2, 0.25) is 0 Å². The Morgan fingerprint density at radius 1 is 1.67 bits per heavy atom. The third-order valence-corrected chi connectivity index (χ3v) is 1.90. The van der Waals surface area contributed by atoms with Gasteiger partial charge in [-0.2, -0.15) is 5.48 Å². The second kappa shape index (κ2) is 4.23. The van der Waals surface area contributed by atoms with Crippen molar-refractivity contribution in [2.45, 2.75) is 6.42 Å². The van der Waals surface area contributed by atoms with Crippen LogP contribution in [0.15, 0.2) is 11.3 Å². The van der Waals surface area contributed by atoms with E-state index < -0.39 is 0 Å². The van der Waals surface area contributed by atoms with Crippen molar-refractivity contribution >= 4 is 6.29 Å².